The molecular formula is C28H35N5O3. The van der Waals surface area contributed by atoms with Crippen molar-refractivity contribution in [3.8, 4) is 0 Å². The molecule has 3 N–H and O–H groups in total. The van der Waals surface area contributed by atoms with Gasteiger partial charge in [-0.3, -0.25) is 14.4 Å². The quantitative estimate of drug-likeness (QED) is 0.613. The van der Waals surface area contributed by atoms with Gasteiger partial charge in [-0.1, -0.05) is 32.9 Å². The molecule has 3 amide bonds. The summed E-state index contributed by atoms with van der Waals surface area (Å²) in [6.07, 6.45) is 4.71. The van der Waals surface area contributed by atoms with Gasteiger partial charge in [-0.25, -0.2) is 4.98 Å². The molecule has 36 heavy (non-hydrogen) atoms. The van der Waals surface area contributed by atoms with Crippen molar-refractivity contribution >= 4 is 29.2 Å². The van der Waals surface area contributed by atoms with Gasteiger partial charge in [0.15, 0.2) is 0 Å². The maximum Gasteiger partial charge on any atom is 0.244 e. The van der Waals surface area contributed by atoms with Crippen LogP contribution in [0, 0.1) is 5.41 Å². The average molecular weight is 490 g/mol. The van der Waals surface area contributed by atoms with Gasteiger partial charge in [-0.05, 0) is 61.9 Å². The first-order chi connectivity index (χ1) is 17.1. The van der Waals surface area contributed by atoms with E-state index in [1.165, 1.54) is 0 Å². The number of nitrogens with zero attached hydrogens (tertiary/aromatic N) is 2. The molecule has 2 aliphatic heterocycles. The molecule has 1 saturated heterocycles. The Morgan fingerprint density at radius 2 is 1.94 bits per heavy atom. The van der Waals surface area contributed by atoms with Gasteiger partial charge < -0.3 is 20.9 Å². The van der Waals surface area contributed by atoms with E-state index in [9.17, 15) is 14.4 Å². The second-order valence-corrected chi connectivity index (χ2v) is 11.5. The van der Waals surface area contributed by atoms with E-state index in [-0.39, 0.29) is 30.3 Å². The molecule has 8 heteroatoms. The molecule has 1 aromatic heterocycles. The zero-order valence-corrected chi connectivity index (χ0v) is 21.5. The van der Waals surface area contributed by atoms with Crippen LogP contribution in [0.3, 0.4) is 0 Å². The van der Waals surface area contributed by atoms with Crippen LogP contribution in [0.25, 0.3) is 0 Å². The number of carbonyl (C=O) groups excluding carboxylic acids is 3. The van der Waals surface area contributed by atoms with Crippen molar-refractivity contribution in [2.24, 2.45) is 5.41 Å². The molecule has 1 aromatic carbocycles. The number of amides is 3. The summed E-state index contributed by atoms with van der Waals surface area (Å²) in [7, 11) is 0. The van der Waals surface area contributed by atoms with Gasteiger partial charge in [0.2, 0.25) is 17.7 Å². The lowest BCUT2D eigenvalue weighted by Crippen LogP contribution is -2.55. The second-order valence-electron chi connectivity index (χ2n) is 11.5. The number of rotatable bonds is 4. The van der Waals surface area contributed by atoms with Gasteiger partial charge in [0.1, 0.15) is 12.4 Å². The Morgan fingerprint density at radius 3 is 2.67 bits per heavy atom. The second kappa shape index (κ2) is 9.00. The number of nitrogens with one attached hydrogen (secondary N) is 3. The molecule has 0 unspecified atom stereocenters. The Morgan fingerprint density at radius 1 is 1.17 bits per heavy atom. The van der Waals surface area contributed by atoms with Crippen LogP contribution in [0.2, 0.25) is 0 Å². The topological polar surface area (TPSA) is 103 Å². The summed E-state index contributed by atoms with van der Waals surface area (Å²) >= 11 is 0. The fraction of sp³-hybridized carbons (Fsp3) is 0.500. The standard InChI is InChI=1S/C28H35N5O3/c1-17-7-10-21(15-30-17)33(26(36)27(2,3)4)16-23(34)31-20-9-8-18-13-28(14-19(18)12-20)22-6-5-11-29-24(22)32-25(28)35/h5-6,8-9,11-12,17,21,30H,7,10,13-16H2,1-4H3,(H,31,34)(H,29,32,35)/t17-,21-,28+/m0/s1. The van der Waals surface area contributed by atoms with Crippen LogP contribution in [0.1, 0.15) is 57.2 Å². The predicted octanol–water partition coefficient (Wildman–Crippen LogP) is 3.02. The predicted molar refractivity (Wildman–Crippen MR) is 139 cm³/mol. The van der Waals surface area contributed by atoms with Crippen LogP contribution >= 0.6 is 0 Å². The normalized spacial score (nSPS) is 24.7. The van der Waals surface area contributed by atoms with Crippen LogP contribution in [0.15, 0.2) is 36.5 Å². The molecule has 190 valence electrons. The number of piperidine rings is 1. The third-order valence-electron chi connectivity index (χ3n) is 7.76. The molecule has 0 saturated carbocycles. The smallest absolute Gasteiger partial charge is 0.244 e. The summed E-state index contributed by atoms with van der Waals surface area (Å²) in [5.41, 5.74) is 2.55. The molecule has 3 atom stereocenters. The van der Waals surface area contributed by atoms with Crippen LogP contribution in [-0.2, 0) is 32.6 Å². The minimum Gasteiger partial charge on any atom is -0.329 e. The van der Waals surface area contributed by atoms with Crippen LogP contribution in [0.4, 0.5) is 11.5 Å². The van der Waals surface area contributed by atoms with E-state index in [2.05, 4.69) is 27.9 Å². The average Bonchev–Trinajstić information content (AvgIpc) is 3.34. The Kier molecular flexibility index (Phi) is 6.11. The third-order valence-corrected chi connectivity index (χ3v) is 7.76. The number of pyridine rings is 1. The van der Waals surface area contributed by atoms with Gasteiger partial charge in [-0.2, -0.15) is 0 Å². The van der Waals surface area contributed by atoms with Crippen molar-refractivity contribution in [2.45, 2.75) is 70.9 Å². The molecule has 8 nitrogen and oxygen atoms in total. The first-order valence-electron chi connectivity index (χ1n) is 12.8. The lowest BCUT2D eigenvalue weighted by Gasteiger charge is -2.39. The van der Waals surface area contributed by atoms with Gasteiger partial charge in [0.05, 0.1) is 5.41 Å². The van der Waals surface area contributed by atoms with E-state index in [1.807, 2.05) is 51.1 Å². The number of hydrogen-bond acceptors (Lipinski definition) is 5. The monoisotopic (exact) mass is 489 g/mol. The van der Waals surface area contributed by atoms with Crippen LogP contribution in [0.5, 0.6) is 0 Å². The first-order valence-corrected chi connectivity index (χ1v) is 12.8. The summed E-state index contributed by atoms with van der Waals surface area (Å²) in [6, 6.07) is 10.1. The number of aromatic nitrogens is 1. The van der Waals surface area contributed by atoms with E-state index in [1.54, 1.807) is 11.1 Å². The summed E-state index contributed by atoms with van der Waals surface area (Å²) in [6.45, 7) is 8.52. The molecule has 1 fully saturated rings. The number of carbonyl (C=O) groups is 3. The molecule has 0 bridgehead atoms. The Hall–Kier alpha value is -3.26. The lowest BCUT2D eigenvalue weighted by atomic mass is 9.79. The van der Waals surface area contributed by atoms with Crippen LogP contribution < -0.4 is 16.0 Å². The zero-order chi connectivity index (χ0) is 25.7. The summed E-state index contributed by atoms with van der Waals surface area (Å²) in [5.74, 6) is 0.380. The molecule has 3 heterocycles. The van der Waals surface area contributed by atoms with E-state index in [0.29, 0.717) is 36.9 Å². The van der Waals surface area contributed by atoms with E-state index in [4.69, 9.17) is 0 Å². The number of hydrogen-bond donors (Lipinski definition) is 3. The summed E-state index contributed by atoms with van der Waals surface area (Å²) in [5, 5.41) is 9.37. The largest absolute Gasteiger partial charge is 0.329 e. The minimum absolute atomic E-state index is 0.00638. The molecule has 0 radical (unpaired) electrons. The highest BCUT2D eigenvalue weighted by molar-refractivity contribution is 6.06. The molecule has 5 rings (SSSR count). The number of benzene rings is 1. The molecule has 1 aliphatic carbocycles. The van der Waals surface area contributed by atoms with Gasteiger partial charge in [0.25, 0.3) is 0 Å². The van der Waals surface area contributed by atoms with Crippen molar-refractivity contribution in [1.82, 2.24) is 15.2 Å². The van der Waals surface area contributed by atoms with Crippen LogP contribution in [-0.4, -0.2) is 52.8 Å². The van der Waals surface area contributed by atoms with Gasteiger partial charge >= 0.3 is 0 Å². The molecular weight excluding hydrogens is 454 g/mol. The molecule has 3 aliphatic rings. The Bertz CT molecular complexity index is 1210. The fourth-order valence-electron chi connectivity index (χ4n) is 5.75. The van der Waals surface area contributed by atoms with Gasteiger partial charge in [-0.15, -0.1) is 0 Å². The maximum absolute atomic E-state index is 13.2. The van der Waals surface area contributed by atoms with E-state index < -0.39 is 10.8 Å². The first kappa shape index (κ1) is 24.4. The zero-order valence-electron chi connectivity index (χ0n) is 21.5. The highest BCUT2D eigenvalue weighted by Gasteiger charge is 2.51. The molecule has 1 spiro atoms. The minimum atomic E-state index is -0.643. The number of anilines is 2. The SMILES string of the molecule is C[C@H]1CC[C@H](N(CC(=O)Nc2ccc3c(c2)C[C@@]2(C3)C(=O)Nc3ncccc32)C(=O)C(C)(C)C)CN1. The fourth-order valence-corrected chi connectivity index (χ4v) is 5.75. The number of fused-ring (bicyclic) bond motifs is 3. The highest BCUT2D eigenvalue weighted by atomic mass is 16.2. The third kappa shape index (κ3) is 4.39. The molecule has 2 aromatic rings. The van der Waals surface area contributed by atoms with Crippen molar-refractivity contribution in [3.63, 3.8) is 0 Å². The van der Waals surface area contributed by atoms with Crippen molar-refractivity contribution in [1.29, 1.82) is 0 Å². The van der Waals surface area contributed by atoms with E-state index in [0.717, 1.165) is 29.5 Å². The van der Waals surface area contributed by atoms with Crippen molar-refractivity contribution in [2.75, 3.05) is 23.7 Å². The van der Waals surface area contributed by atoms with Crippen molar-refractivity contribution < 1.29 is 14.4 Å². The lowest BCUT2D eigenvalue weighted by molar-refractivity contribution is -0.144. The van der Waals surface area contributed by atoms with Crippen molar-refractivity contribution in [3.05, 3.63) is 53.2 Å². The highest BCUT2D eigenvalue weighted by Crippen LogP contribution is 2.46. The Balaban J connectivity index is 1.31. The van der Waals surface area contributed by atoms with E-state index >= 15 is 0 Å². The van der Waals surface area contributed by atoms with Gasteiger partial charge in [0, 0.05) is 41.5 Å². The Labute approximate surface area is 212 Å². The summed E-state index contributed by atoms with van der Waals surface area (Å²) in [4.78, 5) is 45.4. The maximum atomic E-state index is 13.2. The summed E-state index contributed by atoms with van der Waals surface area (Å²) < 4.78 is 0.